The molecule has 3 N–H and O–H groups in total. The summed E-state index contributed by atoms with van der Waals surface area (Å²) in [4.78, 5) is 29.9. The monoisotopic (exact) mass is 352 g/mol. The van der Waals surface area contributed by atoms with Crippen molar-refractivity contribution in [2.24, 2.45) is 0 Å². The fourth-order valence-electron chi connectivity index (χ4n) is 3.17. The smallest absolute Gasteiger partial charge is 0.326 e. The summed E-state index contributed by atoms with van der Waals surface area (Å²) in [5, 5.41) is 3.96. The van der Waals surface area contributed by atoms with E-state index in [-0.39, 0.29) is 12.5 Å². The van der Waals surface area contributed by atoms with Crippen molar-refractivity contribution in [1.82, 2.24) is 19.9 Å². The molecule has 0 aliphatic heterocycles. The summed E-state index contributed by atoms with van der Waals surface area (Å²) in [7, 11) is 0. The van der Waals surface area contributed by atoms with Gasteiger partial charge in [0, 0.05) is 23.6 Å². The number of imidazole rings is 1. The molecule has 0 atom stereocenters. The highest BCUT2D eigenvalue weighted by Crippen LogP contribution is 2.17. The van der Waals surface area contributed by atoms with Gasteiger partial charge in [-0.3, -0.25) is 9.36 Å². The Morgan fingerprint density at radius 1 is 1.15 bits per heavy atom. The van der Waals surface area contributed by atoms with Crippen LogP contribution in [0.15, 0.2) is 53.5 Å². The lowest BCUT2D eigenvalue weighted by molar-refractivity contribution is -0.121. The van der Waals surface area contributed by atoms with Crippen molar-refractivity contribution in [2.45, 2.75) is 13.0 Å². The number of aromatic nitrogens is 3. The summed E-state index contributed by atoms with van der Waals surface area (Å²) in [6.07, 6.45) is 2.62. The SMILES string of the molecule is O=C(Cn1c(=O)[nH]c2cc(F)ccc21)NCCc1c[nH]c2ccccc12. The lowest BCUT2D eigenvalue weighted by Crippen LogP contribution is -2.32. The molecule has 2 heterocycles. The Kier molecular flexibility index (Phi) is 4.04. The molecule has 0 fully saturated rings. The number of nitrogens with zero attached hydrogens (tertiary/aromatic N) is 1. The highest BCUT2D eigenvalue weighted by atomic mass is 19.1. The van der Waals surface area contributed by atoms with E-state index < -0.39 is 11.5 Å². The van der Waals surface area contributed by atoms with Crippen molar-refractivity contribution in [3.8, 4) is 0 Å². The van der Waals surface area contributed by atoms with E-state index in [9.17, 15) is 14.0 Å². The van der Waals surface area contributed by atoms with Gasteiger partial charge >= 0.3 is 5.69 Å². The number of hydrogen-bond acceptors (Lipinski definition) is 2. The summed E-state index contributed by atoms with van der Waals surface area (Å²) in [5.41, 5.74) is 2.63. The van der Waals surface area contributed by atoms with Crippen LogP contribution in [-0.2, 0) is 17.8 Å². The minimum Gasteiger partial charge on any atom is -0.361 e. The minimum atomic E-state index is -0.436. The van der Waals surface area contributed by atoms with Gasteiger partial charge in [0.1, 0.15) is 12.4 Å². The Morgan fingerprint density at radius 3 is 2.88 bits per heavy atom. The molecule has 2 aromatic carbocycles. The van der Waals surface area contributed by atoms with Crippen molar-refractivity contribution >= 4 is 27.8 Å². The Balaban J connectivity index is 1.42. The number of aromatic amines is 2. The minimum absolute atomic E-state index is 0.113. The molecule has 1 amide bonds. The van der Waals surface area contributed by atoms with Crippen LogP contribution in [0.1, 0.15) is 5.56 Å². The van der Waals surface area contributed by atoms with Gasteiger partial charge in [0.25, 0.3) is 0 Å². The van der Waals surface area contributed by atoms with E-state index in [1.807, 2.05) is 30.5 Å². The maximum atomic E-state index is 13.2. The Morgan fingerprint density at radius 2 is 2.00 bits per heavy atom. The van der Waals surface area contributed by atoms with Crippen molar-refractivity contribution in [2.75, 3.05) is 6.54 Å². The van der Waals surface area contributed by atoms with Gasteiger partial charge < -0.3 is 15.3 Å². The highest BCUT2D eigenvalue weighted by molar-refractivity contribution is 5.83. The third-order valence-electron chi connectivity index (χ3n) is 4.43. The van der Waals surface area contributed by atoms with Crippen LogP contribution in [0.5, 0.6) is 0 Å². The van der Waals surface area contributed by atoms with Crippen LogP contribution < -0.4 is 11.0 Å². The first-order valence-electron chi connectivity index (χ1n) is 8.31. The summed E-state index contributed by atoms with van der Waals surface area (Å²) in [5.74, 6) is -0.703. The molecule has 6 nitrogen and oxygen atoms in total. The van der Waals surface area contributed by atoms with Gasteiger partial charge in [-0.2, -0.15) is 0 Å². The fraction of sp³-hybridized carbons (Fsp3) is 0.158. The van der Waals surface area contributed by atoms with E-state index in [2.05, 4.69) is 15.3 Å². The zero-order valence-corrected chi connectivity index (χ0v) is 13.9. The highest BCUT2D eigenvalue weighted by Gasteiger charge is 2.11. The van der Waals surface area contributed by atoms with Crippen molar-refractivity contribution in [3.05, 3.63) is 70.5 Å². The zero-order valence-electron chi connectivity index (χ0n) is 13.9. The van der Waals surface area contributed by atoms with Gasteiger partial charge in [-0.05, 0) is 36.2 Å². The Hall–Kier alpha value is -3.35. The number of para-hydroxylation sites is 1. The number of carbonyl (C=O) groups is 1. The number of halogens is 1. The zero-order chi connectivity index (χ0) is 18.1. The van der Waals surface area contributed by atoms with Gasteiger partial charge in [0.05, 0.1) is 11.0 Å². The summed E-state index contributed by atoms with van der Waals surface area (Å²) < 4.78 is 14.5. The third kappa shape index (κ3) is 2.99. The van der Waals surface area contributed by atoms with E-state index in [4.69, 9.17) is 0 Å². The maximum Gasteiger partial charge on any atom is 0.326 e. The van der Waals surface area contributed by atoms with E-state index >= 15 is 0 Å². The lowest BCUT2D eigenvalue weighted by Gasteiger charge is -2.06. The predicted octanol–water partition coefficient (Wildman–Crippen LogP) is 2.31. The van der Waals surface area contributed by atoms with Crippen molar-refractivity contribution in [3.63, 3.8) is 0 Å². The number of benzene rings is 2. The number of fused-ring (bicyclic) bond motifs is 2. The molecule has 0 spiro atoms. The van der Waals surface area contributed by atoms with E-state index in [1.54, 1.807) is 0 Å². The number of hydrogen-bond donors (Lipinski definition) is 3. The molecule has 0 saturated carbocycles. The quantitative estimate of drug-likeness (QED) is 0.515. The summed E-state index contributed by atoms with van der Waals surface area (Å²) in [6, 6.07) is 12.0. The fourth-order valence-corrected chi connectivity index (χ4v) is 3.17. The van der Waals surface area contributed by atoms with E-state index in [1.165, 1.54) is 22.8 Å². The van der Waals surface area contributed by atoms with Crippen LogP contribution in [0.3, 0.4) is 0 Å². The Labute approximate surface area is 147 Å². The molecule has 4 rings (SSSR count). The molecule has 2 aromatic heterocycles. The first kappa shape index (κ1) is 16.1. The van der Waals surface area contributed by atoms with Crippen molar-refractivity contribution < 1.29 is 9.18 Å². The number of carbonyl (C=O) groups excluding carboxylic acids is 1. The number of amides is 1. The van der Waals surface area contributed by atoms with Gasteiger partial charge in [-0.1, -0.05) is 18.2 Å². The molecule has 7 heteroatoms. The molecular formula is C19H17FN4O2. The number of H-pyrrole nitrogens is 2. The molecule has 26 heavy (non-hydrogen) atoms. The van der Waals surface area contributed by atoms with Gasteiger partial charge in [-0.15, -0.1) is 0 Å². The van der Waals surface area contributed by atoms with E-state index in [0.717, 1.165) is 16.5 Å². The summed E-state index contributed by atoms with van der Waals surface area (Å²) >= 11 is 0. The predicted molar refractivity (Wildman–Crippen MR) is 97.5 cm³/mol. The molecule has 0 saturated heterocycles. The lowest BCUT2D eigenvalue weighted by atomic mass is 10.1. The van der Waals surface area contributed by atoms with Crippen LogP contribution in [0.25, 0.3) is 21.9 Å². The average Bonchev–Trinajstić information content (AvgIpc) is 3.16. The maximum absolute atomic E-state index is 13.2. The second kappa shape index (κ2) is 6.51. The first-order chi connectivity index (χ1) is 12.6. The molecule has 0 unspecified atom stereocenters. The molecule has 0 aliphatic rings. The average molecular weight is 352 g/mol. The van der Waals surface area contributed by atoms with Crippen LogP contribution in [0, 0.1) is 5.82 Å². The van der Waals surface area contributed by atoms with Crippen LogP contribution in [0.2, 0.25) is 0 Å². The van der Waals surface area contributed by atoms with E-state index in [0.29, 0.717) is 24.0 Å². The third-order valence-corrected chi connectivity index (χ3v) is 4.43. The van der Waals surface area contributed by atoms with Gasteiger partial charge in [0.2, 0.25) is 5.91 Å². The second-order valence-electron chi connectivity index (χ2n) is 6.14. The molecule has 0 aliphatic carbocycles. The molecule has 0 bridgehead atoms. The topological polar surface area (TPSA) is 82.7 Å². The molecular weight excluding hydrogens is 335 g/mol. The van der Waals surface area contributed by atoms with Crippen LogP contribution >= 0.6 is 0 Å². The van der Waals surface area contributed by atoms with Crippen LogP contribution in [-0.4, -0.2) is 27.0 Å². The second-order valence-corrected chi connectivity index (χ2v) is 6.14. The normalized spacial score (nSPS) is 11.3. The van der Waals surface area contributed by atoms with Crippen molar-refractivity contribution in [1.29, 1.82) is 0 Å². The standard InChI is InChI=1S/C19H17FN4O2/c20-13-5-6-17-16(9-13)23-19(26)24(17)11-18(25)21-8-7-12-10-22-15-4-2-1-3-14(12)15/h1-6,9-10,22H,7-8,11H2,(H,21,25)(H,23,26). The summed E-state index contributed by atoms with van der Waals surface area (Å²) in [6.45, 7) is 0.352. The van der Waals surface area contributed by atoms with Gasteiger partial charge in [-0.25, -0.2) is 9.18 Å². The Bertz CT molecular complexity index is 1160. The number of nitrogens with one attached hydrogen (secondary N) is 3. The largest absolute Gasteiger partial charge is 0.361 e. The first-order valence-corrected chi connectivity index (χ1v) is 8.31. The van der Waals surface area contributed by atoms with Crippen LogP contribution in [0.4, 0.5) is 4.39 Å². The van der Waals surface area contributed by atoms with Gasteiger partial charge in [0.15, 0.2) is 0 Å². The number of rotatable bonds is 5. The molecule has 132 valence electrons. The molecule has 0 radical (unpaired) electrons. The molecule has 4 aromatic rings.